The third-order valence-electron chi connectivity index (χ3n) is 3.79. The van der Waals surface area contributed by atoms with Crippen molar-refractivity contribution in [1.29, 1.82) is 0 Å². The van der Waals surface area contributed by atoms with E-state index in [2.05, 4.69) is 31.3 Å². The van der Waals surface area contributed by atoms with E-state index in [4.69, 9.17) is 0 Å². The van der Waals surface area contributed by atoms with E-state index >= 15 is 0 Å². The number of ether oxygens (including phenoxy) is 1. The molecule has 0 heterocycles. The lowest BCUT2D eigenvalue weighted by atomic mass is 10.1. The Hall–Kier alpha value is -2.39. The normalized spacial score (nSPS) is 11.2. The number of carbonyl (C=O) groups excluding carboxylic acids is 2. The van der Waals surface area contributed by atoms with Gasteiger partial charge in [-0.25, -0.2) is 0 Å². The van der Waals surface area contributed by atoms with Gasteiger partial charge in [0, 0.05) is 29.5 Å². The van der Waals surface area contributed by atoms with E-state index in [1.807, 2.05) is 0 Å². The lowest BCUT2D eigenvalue weighted by molar-refractivity contribution is -0.176. The number of amides is 2. The van der Waals surface area contributed by atoms with Crippen LogP contribution in [0.15, 0.2) is 53.0 Å². The SMILES string of the molecule is O=C(CCNC(=O)c1ccc(Br)cc1)NCc1ccc(COCC(F)(F)F)cc1. The van der Waals surface area contributed by atoms with Crippen molar-refractivity contribution >= 4 is 27.7 Å². The summed E-state index contributed by atoms with van der Waals surface area (Å²) in [6.45, 7) is -0.938. The Balaban J connectivity index is 1.65. The average molecular weight is 473 g/mol. The Labute approximate surface area is 174 Å². The molecule has 9 heteroatoms. The Bertz CT molecular complexity index is 809. The van der Waals surface area contributed by atoms with E-state index in [1.165, 1.54) is 0 Å². The Morgan fingerprint density at radius 2 is 1.55 bits per heavy atom. The maximum atomic E-state index is 12.0. The Kier molecular flexibility index (Phi) is 8.66. The molecule has 2 aromatic carbocycles. The fourth-order valence-corrected chi connectivity index (χ4v) is 2.58. The summed E-state index contributed by atoms with van der Waals surface area (Å²) in [4.78, 5) is 23.8. The van der Waals surface area contributed by atoms with Crippen molar-refractivity contribution in [2.45, 2.75) is 25.7 Å². The molecule has 0 unspecified atom stereocenters. The summed E-state index contributed by atoms with van der Waals surface area (Å²) < 4.78 is 41.6. The molecule has 29 heavy (non-hydrogen) atoms. The van der Waals surface area contributed by atoms with Crippen LogP contribution in [0.5, 0.6) is 0 Å². The molecule has 0 spiro atoms. The van der Waals surface area contributed by atoms with Gasteiger partial charge in [0.05, 0.1) is 6.61 Å². The second-order valence-electron chi connectivity index (χ2n) is 6.21. The highest BCUT2D eigenvalue weighted by atomic mass is 79.9. The van der Waals surface area contributed by atoms with Crippen LogP contribution in [0.4, 0.5) is 13.2 Å². The molecule has 0 aliphatic carbocycles. The van der Waals surface area contributed by atoms with Gasteiger partial charge in [-0.1, -0.05) is 40.2 Å². The molecular weight excluding hydrogens is 453 g/mol. The monoisotopic (exact) mass is 472 g/mol. The summed E-state index contributed by atoms with van der Waals surface area (Å²) >= 11 is 3.29. The van der Waals surface area contributed by atoms with Crippen LogP contribution in [0, 0.1) is 0 Å². The lowest BCUT2D eigenvalue weighted by Gasteiger charge is -2.09. The van der Waals surface area contributed by atoms with Gasteiger partial charge in [0.1, 0.15) is 6.61 Å². The summed E-state index contributed by atoms with van der Waals surface area (Å²) in [5.74, 6) is -0.479. The van der Waals surface area contributed by atoms with Crippen LogP contribution >= 0.6 is 15.9 Å². The van der Waals surface area contributed by atoms with Gasteiger partial charge in [-0.2, -0.15) is 13.2 Å². The van der Waals surface area contributed by atoms with Crippen molar-refractivity contribution in [1.82, 2.24) is 10.6 Å². The third-order valence-corrected chi connectivity index (χ3v) is 4.32. The largest absolute Gasteiger partial charge is 0.411 e. The van der Waals surface area contributed by atoms with Crippen LogP contribution < -0.4 is 10.6 Å². The van der Waals surface area contributed by atoms with E-state index in [0.717, 1.165) is 10.0 Å². The summed E-state index contributed by atoms with van der Waals surface area (Å²) in [5, 5.41) is 5.40. The molecule has 2 aromatic rings. The molecule has 0 aromatic heterocycles. The molecule has 0 fully saturated rings. The zero-order chi connectivity index (χ0) is 21.3. The maximum absolute atomic E-state index is 12.0. The van der Waals surface area contributed by atoms with Gasteiger partial charge < -0.3 is 15.4 Å². The molecule has 0 aliphatic rings. The highest BCUT2D eigenvalue weighted by molar-refractivity contribution is 9.10. The van der Waals surface area contributed by atoms with Gasteiger partial charge in [-0.3, -0.25) is 9.59 Å². The predicted octanol–water partition coefficient (Wildman–Crippen LogP) is 3.96. The summed E-state index contributed by atoms with van der Waals surface area (Å²) in [5.41, 5.74) is 1.92. The number of carbonyl (C=O) groups is 2. The first-order valence-corrected chi connectivity index (χ1v) is 9.55. The molecule has 0 saturated heterocycles. The molecule has 0 radical (unpaired) electrons. The average Bonchev–Trinajstić information content (AvgIpc) is 2.67. The second-order valence-corrected chi connectivity index (χ2v) is 7.13. The van der Waals surface area contributed by atoms with Gasteiger partial charge in [-0.15, -0.1) is 0 Å². The highest BCUT2D eigenvalue weighted by Crippen LogP contribution is 2.16. The zero-order valence-electron chi connectivity index (χ0n) is 15.4. The first kappa shape index (κ1) is 22.9. The van der Waals surface area contributed by atoms with Crippen molar-refractivity contribution in [3.05, 3.63) is 69.7 Å². The molecule has 0 atom stereocenters. The standard InChI is InChI=1S/C20H20BrF3N2O3/c21-17-7-5-16(6-8-17)19(28)25-10-9-18(27)26-11-14-1-3-15(4-2-14)12-29-13-20(22,23)24/h1-8H,9-13H2,(H,25,28)(H,26,27). The maximum Gasteiger partial charge on any atom is 0.411 e. The minimum absolute atomic E-state index is 0.131. The molecule has 0 saturated carbocycles. The fraction of sp³-hybridized carbons (Fsp3) is 0.300. The molecule has 0 aliphatic heterocycles. The number of rotatable bonds is 9. The summed E-state index contributed by atoms with van der Waals surface area (Å²) in [7, 11) is 0. The fourth-order valence-electron chi connectivity index (χ4n) is 2.32. The van der Waals surface area contributed by atoms with E-state index in [-0.39, 0.29) is 37.9 Å². The number of hydrogen-bond acceptors (Lipinski definition) is 3. The van der Waals surface area contributed by atoms with Gasteiger partial charge in [0.25, 0.3) is 5.91 Å². The minimum Gasteiger partial charge on any atom is -0.367 e. The van der Waals surface area contributed by atoms with Crippen LogP contribution in [0.2, 0.25) is 0 Å². The van der Waals surface area contributed by atoms with Gasteiger partial charge in [-0.05, 0) is 35.4 Å². The topological polar surface area (TPSA) is 67.4 Å². The van der Waals surface area contributed by atoms with Gasteiger partial charge in [0.15, 0.2) is 0 Å². The van der Waals surface area contributed by atoms with E-state index in [9.17, 15) is 22.8 Å². The smallest absolute Gasteiger partial charge is 0.367 e. The lowest BCUT2D eigenvalue weighted by Crippen LogP contribution is -2.30. The molecule has 2 N–H and O–H groups in total. The van der Waals surface area contributed by atoms with E-state index in [1.54, 1.807) is 48.5 Å². The van der Waals surface area contributed by atoms with E-state index in [0.29, 0.717) is 11.1 Å². The summed E-state index contributed by atoms with van der Waals surface area (Å²) in [6.07, 6.45) is -4.21. The molecule has 0 bridgehead atoms. The minimum atomic E-state index is -4.35. The van der Waals surface area contributed by atoms with E-state index < -0.39 is 12.8 Å². The second kappa shape index (κ2) is 11.0. The third kappa shape index (κ3) is 9.10. The van der Waals surface area contributed by atoms with Crippen molar-refractivity contribution in [3.8, 4) is 0 Å². The Morgan fingerprint density at radius 1 is 0.931 bits per heavy atom. The van der Waals surface area contributed by atoms with Crippen molar-refractivity contribution in [2.24, 2.45) is 0 Å². The number of alkyl halides is 3. The number of hydrogen-bond donors (Lipinski definition) is 2. The van der Waals surface area contributed by atoms with Crippen molar-refractivity contribution in [3.63, 3.8) is 0 Å². The van der Waals surface area contributed by atoms with Crippen molar-refractivity contribution in [2.75, 3.05) is 13.2 Å². The van der Waals surface area contributed by atoms with Crippen LogP contribution in [0.1, 0.15) is 27.9 Å². The number of benzene rings is 2. The first-order chi connectivity index (χ1) is 13.7. The van der Waals surface area contributed by atoms with Crippen LogP contribution in [0.3, 0.4) is 0 Å². The number of nitrogens with one attached hydrogen (secondary N) is 2. The van der Waals surface area contributed by atoms with Crippen molar-refractivity contribution < 1.29 is 27.5 Å². The molecule has 2 rings (SSSR count). The van der Waals surface area contributed by atoms with Gasteiger partial charge >= 0.3 is 6.18 Å². The van der Waals surface area contributed by atoms with Crippen LogP contribution in [-0.4, -0.2) is 31.1 Å². The zero-order valence-corrected chi connectivity index (χ0v) is 17.0. The molecule has 2 amide bonds. The Morgan fingerprint density at radius 3 is 2.17 bits per heavy atom. The molecule has 5 nitrogen and oxygen atoms in total. The van der Waals surface area contributed by atoms with Crippen LogP contribution in [0.25, 0.3) is 0 Å². The highest BCUT2D eigenvalue weighted by Gasteiger charge is 2.27. The van der Waals surface area contributed by atoms with Crippen LogP contribution in [-0.2, 0) is 22.7 Å². The predicted molar refractivity (Wildman–Crippen MR) is 105 cm³/mol. The summed E-state index contributed by atoms with van der Waals surface area (Å²) in [6, 6.07) is 13.6. The quantitative estimate of drug-likeness (QED) is 0.580. The number of halogens is 4. The van der Waals surface area contributed by atoms with Gasteiger partial charge in [0.2, 0.25) is 5.91 Å². The molecule has 156 valence electrons. The first-order valence-electron chi connectivity index (χ1n) is 8.76. The molecular formula is C20H20BrF3N2O3.